The quantitative estimate of drug-likeness (QED) is 0.825. The molecule has 1 aliphatic rings. The molecule has 3 rings (SSSR count). The van der Waals surface area contributed by atoms with Gasteiger partial charge < -0.3 is 5.73 Å². The lowest BCUT2D eigenvalue weighted by atomic mass is 10.2. The minimum absolute atomic E-state index is 0.675. The van der Waals surface area contributed by atoms with Crippen LogP contribution in [0, 0.1) is 6.92 Å². The fraction of sp³-hybridized carbons (Fsp3) is 0.200. The lowest BCUT2D eigenvalue weighted by Gasteiger charge is -1.89. The fourth-order valence-electron chi connectivity index (χ4n) is 1.58. The molecule has 0 bridgehead atoms. The normalized spacial score (nSPS) is 14.1. The summed E-state index contributed by atoms with van der Waals surface area (Å²) in [4.78, 5) is 12.1. The van der Waals surface area contributed by atoms with Crippen molar-refractivity contribution in [2.45, 2.75) is 13.5 Å². The lowest BCUT2D eigenvalue weighted by Crippen LogP contribution is -2.07. The van der Waals surface area contributed by atoms with Crippen molar-refractivity contribution in [3.63, 3.8) is 0 Å². The highest BCUT2D eigenvalue weighted by Crippen LogP contribution is 2.35. The highest BCUT2D eigenvalue weighted by molar-refractivity contribution is 7.22. The van der Waals surface area contributed by atoms with Gasteiger partial charge in [0.2, 0.25) is 0 Å². The summed E-state index contributed by atoms with van der Waals surface area (Å²) in [6.45, 7) is 2.79. The van der Waals surface area contributed by atoms with E-state index in [-0.39, 0.29) is 0 Å². The number of hydrogen-bond acceptors (Lipinski definition) is 5. The molecule has 0 aliphatic carbocycles. The van der Waals surface area contributed by atoms with Crippen LogP contribution in [0.5, 0.6) is 0 Å². The molecular formula is C10H9N3S2. The number of amidine groups is 1. The molecule has 0 radical (unpaired) electrons. The Morgan fingerprint density at radius 1 is 1.40 bits per heavy atom. The van der Waals surface area contributed by atoms with Crippen molar-refractivity contribution >= 4 is 28.5 Å². The Morgan fingerprint density at radius 3 is 2.93 bits per heavy atom. The third kappa shape index (κ3) is 1.39. The molecule has 2 aromatic rings. The summed E-state index contributed by atoms with van der Waals surface area (Å²) in [5.74, 6) is 0.675. The SMILES string of the molecule is Cc1cnc(-c2cc3c(s2)C(N)=NC3)s1. The van der Waals surface area contributed by atoms with Crippen molar-refractivity contribution in [3.8, 4) is 9.88 Å². The number of rotatable bonds is 1. The molecule has 3 nitrogen and oxygen atoms in total. The maximum Gasteiger partial charge on any atom is 0.136 e. The van der Waals surface area contributed by atoms with Gasteiger partial charge in [-0.3, -0.25) is 4.99 Å². The van der Waals surface area contributed by atoms with Gasteiger partial charge in [0.05, 0.1) is 16.3 Å². The molecule has 0 spiro atoms. The van der Waals surface area contributed by atoms with Gasteiger partial charge in [0, 0.05) is 11.1 Å². The van der Waals surface area contributed by atoms with Crippen molar-refractivity contribution < 1.29 is 0 Å². The first kappa shape index (κ1) is 9.06. The topological polar surface area (TPSA) is 51.3 Å². The van der Waals surface area contributed by atoms with Crippen LogP contribution in [0.25, 0.3) is 9.88 Å². The zero-order valence-electron chi connectivity index (χ0n) is 8.15. The van der Waals surface area contributed by atoms with Gasteiger partial charge in [0.25, 0.3) is 0 Å². The summed E-state index contributed by atoms with van der Waals surface area (Å²) >= 11 is 3.41. The molecular weight excluding hydrogens is 226 g/mol. The van der Waals surface area contributed by atoms with Gasteiger partial charge in [-0.1, -0.05) is 0 Å². The summed E-state index contributed by atoms with van der Waals surface area (Å²) in [5, 5.41) is 1.08. The van der Waals surface area contributed by atoms with E-state index in [1.165, 1.54) is 15.3 Å². The number of nitrogens with two attached hydrogens (primary N) is 1. The molecule has 0 unspecified atom stereocenters. The average Bonchev–Trinajstić information content (AvgIpc) is 2.84. The summed E-state index contributed by atoms with van der Waals surface area (Å²) in [7, 11) is 0. The van der Waals surface area contributed by atoms with Crippen LogP contribution in [-0.2, 0) is 6.54 Å². The van der Waals surface area contributed by atoms with Gasteiger partial charge in [-0.15, -0.1) is 22.7 Å². The highest BCUT2D eigenvalue weighted by atomic mass is 32.1. The van der Waals surface area contributed by atoms with E-state index in [9.17, 15) is 0 Å². The number of aryl methyl sites for hydroxylation is 1. The monoisotopic (exact) mass is 235 g/mol. The molecule has 2 N–H and O–H groups in total. The predicted molar refractivity (Wildman–Crippen MR) is 64.6 cm³/mol. The van der Waals surface area contributed by atoms with E-state index in [0.717, 1.165) is 16.4 Å². The number of thiazole rings is 1. The molecule has 0 saturated heterocycles. The second-order valence-corrected chi connectivity index (χ2v) is 5.73. The van der Waals surface area contributed by atoms with Gasteiger partial charge in [0.15, 0.2) is 0 Å². The number of fused-ring (bicyclic) bond motifs is 1. The Hall–Kier alpha value is -1.20. The number of aliphatic imine (C=N–C) groups is 1. The Kier molecular flexibility index (Phi) is 1.90. The molecule has 1 aliphatic heterocycles. The van der Waals surface area contributed by atoms with E-state index >= 15 is 0 Å². The number of aromatic nitrogens is 1. The molecule has 0 amide bonds. The standard InChI is InChI=1S/C10H9N3S2/c1-5-3-13-10(14-5)7-2-6-4-12-9(11)8(6)15-7/h2-3H,4H2,1H3,(H2,11,12). The summed E-state index contributed by atoms with van der Waals surface area (Å²) < 4.78 is 0. The first-order valence-corrected chi connectivity index (χ1v) is 6.23. The van der Waals surface area contributed by atoms with Gasteiger partial charge in [-0.25, -0.2) is 4.98 Å². The van der Waals surface area contributed by atoms with E-state index < -0.39 is 0 Å². The number of thiophene rings is 1. The van der Waals surface area contributed by atoms with Crippen LogP contribution < -0.4 is 5.73 Å². The number of hydrogen-bond donors (Lipinski definition) is 1. The maximum atomic E-state index is 5.79. The van der Waals surface area contributed by atoms with Gasteiger partial charge >= 0.3 is 0 Å². The fourth-order valence-corrected chi connectivity index (χ4v) is 3.49. The van der Waals surface area contributed by atoms with Gasteiger partial charge in [-0.05, 0) is 18.6 Å². The van der Waals surface area contributed by atoms with Crippen LogP contribution in [0.2, 0.25) is 0 Å². The average molecular weight is 235 g/mol. The Balaban J connectivity index is 2.08. The first-order valence-electron chi connectivity index (χ1n) is 4.60. The molecule has 0 aromatic carbocycles. The molecule has 76 valence electrons. The lowest BCUT2D eigenvalue weighted by molar-refractivity contribution is 1.11. The van der Waals surface area contributed by atoms with Crippen LogP contribution in [0.15, 0.2) is 17.3 Å². The van der Waals surface area contributed by atoms with Crippen LogP contribution in [0.1, 0.15) is 15.3 Å². The molecule has 15 heavy (non-hydrogen) atoms. The van der Waals surface area contributed by atoms with Crippen molar-refractivity contribution in [3.05, 3.63) is 27.6 Å². The van der Waals surface area contributed by atoms with E-state index in [1.54, 1.807) is 22.7 Å². The van der Waals surface area contributed by atoms with Crippen molar-refractivity contribution in [1.82, 2.24) is 4.98 Å². The second-order valence-electron chi connectivity index (χ2n) is 3.44. The number of nitrogens with zero attached hydrogens (tertiary/aromatic N) is 2. The molecule has 5 heteroatoms. The molecule has 0 atom stereocenters. The van der Waals surface area contributed by atoms with Crippen LogP contribution in [-0.4, -0.2) is 10.8 Å². The van der Waals surface area contributed by atoms with Gasteiger partial charge in [0.1, 0.15) is 10.8 Å². The Morgan fingerprint density at radius 2 is 2.27 bits per heavy atom. The highest BCUT2D eigenvalue weighted by Gasteiger charge is 2.18. The first-order chi connectivity index (χ1) is 7.24. The summed E-state index contributed by atoms with van der Waals surface area (Å²) in [5.41, 5.74) is 7.02. The Labute approximate surface area is 95.3 Å². The van der Waals surface area contributed by atoms with Crippen LogP contribution in [0.3, 0.4) is 0 Å². The zero-order valence-corrected chi connectivity index (χ0v) is 9.78. The van der Waals surface area contributed by atoms with Gasteiger partial charge in [-0.2, -0.15) is 0 Å². The maximum absolute atomic E-state index is 5.79. The minimum atomic E-state index is 0.675. The second kappa shape index (κ2) is 3.15. The van der Waals surface area contributed by atoms with Crippen LogP contribution >= 0.6 is 22.7 Å². The molecule has 2 aromatic heterocycles. The molecule has 0 fully saturated rings. The van der Waals surface area contributed by atoms with E-state index in [2.05, 4.69) is 23.0 Å². The van der Waals surface area contributed by atoms with E-state index in [0.29, 0.717) is 5.84 Å². The van der Waals surface area contributed by atoms with E-state index in [1.807, 2.05) is 6.20 Å². The molecule has 3 heterocycles. The zero-order chi connectivity index (χ0) is 10.4. The summed E-state index contributed by atoms with van der Waals surface area (Å²) in [6, 6.07) is 2.15. The minimum Gasteiger partial charge on any atom is -0.383 e. The third-order valence-corrected chi connectivity index (χ3v) is 4.58. The van der Waals surface area contributed by atoms with Crippen molar-refractivity contribution in [2.75, 3.05) is 0 Å². The Bertz CT molecular complexity index is 551. The van der Waals surface area contributed by atoms with E-state index in [4.69, 9.17) is 5.73 Å². The largest absolute Gasteiger partial charge is 0.383 e. The van der Waals surface area contributed by atoms with Crippen molar-refractivity contribution in [2.24, 2.45) is 10.7 Å². The molecule has 0 saturated carbocycles. The van der Waals surface area contributed by atoms with Crippen LogP contribution in [0.4, 0.5) is 0 Å². The smallest absolute Gasteiger partial charge is 0.136 e. The summed E-state index contributed by atoms with van der Waals surface area (Å²) in [6.07, 6.45) is 1.91. The third-order valence-electron chi connectivity index (χ3n) is 2.29. The van der Waals surface area contributed by atoms with Crippen molar-refractivity contribution in [1.29, 1.82) is 0 Å². The predicted octanol–water partition coefficient (Wildman–Crippen LogP) is 2.40.